The molecule has 0 radical (unpaired) electrons. The lowest BCUT2D eigenvalue weighted by molar-refractivity contribution is -0.162. The van der Waals surface area contributed by atoms with Gasteiger partial charge in [0.2, 0.25) is 0 Å². The zero-order valence-corrected chi connectivity index (χ0v) is 9.30. The summed E-state index contributed by atoms with van der Waals surface area (Å²) in [4.78, 5) is 16.7. The van der Waals surface area contributed by atoms with Crippen LogP contribution < -0.4 is 0 Å². The summed E-state index contributed by atoms with van der Waals surface area (Å²) in [6.07, 6.45) is 4.08. The van der Waals surface area contributed by atoms with Crippen LogP contribution in [0.2, 0.25) is 0 Å². The highest BCUT2D eigenvalue weighted by molar-refractivity contribution is 5.91. The van der Waals surface area contributed by atoms with Crippen LogP contribution in [0.3, 0.4) is 0 Å². The van der Waals surface area contributed by atoms with Crippen LogP contribution in [0.15, 0.2) is 30.3 Å². The monoisotopic (exact) mass is 228 g/mol. The van der Waals surface area contributed by atoms with Gasteiger partial charge in [0.1, 0.15) is 0 Å². The summed E-state index contributed by atoms with van der Waals surface area (Å²) in [7, 11) is 0. The quantitative estimate of drug-likeness (QED) is 0.724. The molecule has 1 aromatic carbocycles. The lowest BCUT2D eigenvalue weighted by Gasteiger charge is -2.10. The smallest absolute Gasteiger partial charge is 0.270 e. The van der Waals surface area contributed by atoms with E-state index in [1.165, 1.54) is 11.1 Å². The summed E-state index contributed by atoms with van der Waals surface area (Å²) < 4.78 is 0. The number of hydroxylamine groups is 2. The number of rotatable bonds is 2. The van der Waals surface area contributed by atoms with E-state index in [4.69, 9.17) is 10.1 Å². The molecule has 1 aromatic rings. The summed E-state index contributed by atoms with van der Waals surface area (Å²) >= 11 is 0. The second kappa shape index (κ2) is 5.28. The molecule has 17 heavy (non-hydrogen) atoms. The molecule has 0 aliphatic carbocycles. The highest BCUT2D eigenvalue weighted by Crippen LogP contribution is 2.08. The Balaban J connectivity index is 1.99. The Bertz CT molecular complexity index is 465. The highest BCUT2D eigenvalue weighted by atomic mass is 16.7. The van der Waals surface area contributed by atoms with E-state index in [1.54, 1.807) is 30.3 Å². The minimum Gasteiger partial charge on any atom is -0.271 e. The fourth-order valence-corrected chi connectivity index (χ4v) is 1.54. The van der Waals surface area contributed by atoms with Gasteiger partial charge in [0, 0.05) is 6.08 Å². The average Bonchev–Trinajstić information content (AvgIpc) is 2.90. The molecule has 0 N–H and O–H groups in total. The fourth-order valence-electron chi connectivity index (χ4n) is 1.54. The Kier molecular flexibility index (Phi) is 3.53. The summed E-state index contributed by atoms with van der Waals surface area (Å²) in [6.45, 7) is 1.26. The first kappa shape index (κ1) is 11.4. The molecule has 1 saturated heterocycles. The largest absolute Gasteiger partial charge is 0.271 e. The molecule has 0 saturated carbocycles. The predicted molar refractivity (Wildman–Crippen MR) is 62.5 cm³/mol. The van der Waals surface area contributed by atoms with Gasteiger partial charge in [-0.25, -0.2) is 5.06 Å². The number of hydrogen-bond acceptors (Lipinski definition) is 3. The first-order valence-electron chi connectivity index (χ1n) is 5.42. The van der Waals surface area contributed by atoms with Crippen LogP contribution in [-0.2, 0) is 9.63 Å². The molecule has 2 rings (SSSR count). The molecule has 0 aromatic heterocycles. The van der Waals surface area contributed by atoms with Crippen molar-refractivity contribution in [3.8, 4) is 6.07 Å². The number of hydrogen-bond donors (Lipinski definition) is 0. The SMILES string of the molecule is N#Cc1ccc(/C=C/C(=O)N2CCCO2)cc1. The van der Waals surface area contributed by atoms with Crippen molar-refractivity contribution in [1.29, 1.82) is 5.26 Å². The van der Waals surface area contributed by atoms with Crippen LogP contribution in [0.25, 0.3) is 6.08 Å². The number of carbonyl (C=O) groups is 1. The van der Waals surface area contributed by atoms with Crippen LogP contribution in [0.4, 0.5) is 0 Å². The Morgan fingerprint density at radius 3 is 2.76 bits per heavy atom. The lowest BCUT2D eigenvalue weighted by Crippen LogP contribution is -2.24. The van der Waals surface area contributed by atoms with Gasteiger partial charge in [0.05, 0.1) is 24.8 Å². The van der Waals surface area contributed by atoms with Gasteiger partial charge in [-0.15, -0.1) is 0 Å². The normalized spacial score (nSPS) is 15.1. The Hall–Kier alpha value is -2.12. The summed E-state index contributed by atoms with van der Waals surface area (Å²) in [5.41, 5.74) is 1.49. The van der Waals surface area contributed by atoms with Crippen molar-refractivity contribution in [3.05, 3.63) is 41.5 Å². The molecule has 0 spiro atoms. The topological polar surface area (TPSA) is 53.3 Å². The Morgan fingerprint density at radius 1 is 1.41 bits per heavy atom. The van der Waals surface area contributed by atoms with E-state index in [-0.39, 0.29) is 5.91 Å². The van der Waals surface area contributed by atoms with Gasteiger partial charge >= 0.3 is 0 Å². The van der Waals surface area contributed by atoms with E-state index in [2.05, 4.69) is 0 Å². The first-order chi connectivity index (χ1) is 8.29. The number of nitriles is 1. The molecular weight excluding hydrogens is 216 g/mol. The summed E-state index contributed by atoms with van der Waals surface area (Å²) in [6, 6.07) is 9.08. The molecule has 4 nitrogen and oxygen atoms in total. The number of amides is 1. The van der Waals surface area contributed by atoms with Crippen molar-refractivity contribution in [3.63, 3.8) is 0 Å². The molecular formula is C13H12N2O2. The van der Waals surface area contributed by atoms with Gasteiger partial charge in [-0.05, 0) is 30.2 Å². The van der Waals surface area contributed by atoms with Crippen LogP contribution >= 0.6 is 0 Å². The second-order valence-electron chi connectivity index (χ2n) is 3.69. The van der Waals surface area contributed by atoms with E-state index < -0.39 is 0 Å². The van der Waals surface area contributed by atoms with Gasteiger partial charge in [0.25, 0.3) is 5.91 Å². The third kappa shape index (κ3) is 2.92. The maximum atomic E-state index is 11.6. The fraction of sp³-hybridized carbons (Fsp3) is 0.231. The zero-order chi connectivity index (χ0) is 12.1. The third-order valence-electron chi connectivity index (χ3n) is 2.46. The van der Waals surface area contributed by atoms with Gasteiger partial charge in [0.15, 0.2) is 0 Å². The molecule has 0 atom stereocenters. The van der Waals surface area contributed by atoms with E-state index in [0.29, 0.717) is 18.7 Å². The second-order valence-corrected chi connectivity index (χ2v) is 3.69. The molecule has 86 valence electrons. The first-order valence-corrected chi connectivity index (χ1v) is 5.42. The van der Waals surface area contributed by atoms with Gasteiger partial charge in [-0.1, -0.05) is 12.1 Å². The van der Waals surface area contributed by atoms with E-state index >= 15 is 0 Å². The van der Waals surface area contributed by atoms with Crippen molar-refractivity contribution in [2.45, 2.75) is 6.42 Å². The van der Waals surface area contributed by atoms with Gasteiger partial charge in [-0.3, -0.25) is 9.63 Å². The van der Waals surface area contributed by atoms with Crippen LogP contribution in [0.1, 0.15) is 17.5 Å². The number of nitrogens with zero attached hydrogens (tertiary/aromatic N) is 2. The molecule has 0 bridgehead atoms. The molecule has 1 heterocycles. The maximum absolute atomic E-state index is 11.6. The molecule has 0 unspecified atom stereocenters. The van der Waals surface area contributed by atoms with Gasteiger partial charge in [-0.2, -0.15) is 5.26 Å². The average molecular weight is 228 g/mol. The molecule has 1 amide bonds. The summed E-state index contributed by atoms with van der Waals surface area (Å²) in [5, 5.41) is 10.0. The van der Waals surface area contributed by atoms with Crippen molar-refractivity contribution in [2.24, 2.45) is 0 Å². The molecule has 1 aliphatic rings. The summed E-state index contributed by atoms with van der Waals surface area (Å²) in [5.74, 6) is -0.146. The van der Waals surface area contributed by atoms with E-state index in [9.17, 15) is 4.79 Å². The van der Waals surface area contributed by atoms with Crippen molar-refractivity contribution in [1.82, 2.24) is 5.06 Å². The van der Waals surface area contributed by atoms with Crippen LogP contribution in [0.5, 0.6) is 0 Å². The van der Waals surface area contributed by atoms with Gasteiger partial charge < -0.3 is 0 Å². The third-order valence-corrected chi connectivity index (χ3v) is 2.46. The Labute approximate surface area is 99.7 Å². The van der Waals surface area contributed by atoms with Crippen molar-refractivity contribution >= 4 is 12.0 Å². The minimum atomic E-state index is -0.146. The van der Waals surface area contributed by atoms with E-state index in [0.717, 1.165) is 12.0 Å². The van der Waals surface area contributed by atoms with Crippen molar-refractivity contribution in [2.75, 3.05) is 13.2 Å². The van der Waals surface area contributed by atoms with Crippen molar-refractivity contribution < 1.29 is 9.63 Å². The Morgan fingerprint density at radius 2 is 2.18 bits per heavy atom. The van der Waals surface area contributed by atoms with Crippen LogP contribution in [-0.4, -0.2) is 24.1 Å². The molecule has 1 aliphatic heterocycles. The lowest BCUT2D eigenvalue weighted by atomic mass is 10.1. The van der Waals surface area contributed by atoms with Crippen LogP contribution in [0, 0.1) is 11.3 Å². The molecule has 1 fully saturated rings. The zero-order valence-electron chi connectivity index (χ0n) is 9.30. The van der Waals surface area contributed by atoms with E-state index in [1.807, 2.05) is 6.07 Å². The number of carbonyl (C=O) groups excluding carboxylic acids is 1. The highest BCUT2D eigenvalue weighted by Gasteiger charge is 2.16. The minimum absolute atomic E-state index is 0.146. The maximum Gasteiger partial charge on any atom is 0.270 e. The number of benzene rings is 1. The molecule has 4 heteroatoms. The standard InChI is InChI=1S/C13H12N2O2/c14-10-12-4-2-11(3-5-12)6-7-13(16)15-8-1-9-17-15/h2-7H,1,8-9H2/b7-6+. The predicted octanol–water partition coefficient (Wildman–Crippen LogP) is 1.74.